The molecule has 3 atom stereocenters. The summed E-state index contributed by atoms with van der Waals surface area (Å²) in [5, 5.41) is 10.5. The molecule has 33 heavy (non-hydrogen) atoms. The van der Waals surface area contributed by atoms with Crippen molar-refractivity contribution < 1.29 is 24.0 Å². The fourth-order valence-electron chi connectivity index (χ4n) is 4.61. The molecule has 2 aliphatic heterocycles. The summed E-state index contributed by atoms with van der Waals surface area (Å²) in [6, 6.07) is 7.88. The maximum absolute atomic E-state index is 13.5. The third-order valence-corrected chi connectivity index (χ3v) is 6.31. The quantitative estimate of drug-likeness (QED) is 0.407. The van der Waals surface area contributed by atoms with Crippen molar-refractivity contribution in [3.05, 3.63) is 35.9 Å². The van der Waals surface area contributed by atoms with Crippen molar-refractivity contribution in [2.24, 2.45) is 0 Å². The van der Waals surface area contributed by atoms with E-state index in [4.69, 9.17) is 0 Å². The highest BCUT2D eigenvalue weighted by Crippen LogP contribution is 2.38. The van der Waals surface area contributed by atoms with E-state index in [2.05, 4.69) is 21.3 Å². The van der Waals surface area contributed by atoms with Crippen molar-refractivity contribution in [2.45, 2.75) is 56.7 Å². The molecule has 0 spiro atoms. The van der Waals surface area contributed by atoms with Gasteiger partial charge in [0.1, 0.15) is 17.6 Å². The lowest BCUT2D eigenvalue weighted by atomic mass is 9.83. The molecule has 4 N–H and O–H groups in total. The molecule has 0 unspecified atom stereocenters. The second kappa shape index (κ2) is 10.5. The number of piperidine rings is 1. The van der Waals surface area contributed by atoms with Gasteiger partial charge in [0.05, 0.1) is 6.54 Å². The van der Waals surface area contributed by atoms with Crippen molar-refractivity contribution in [3.8, 4) is 0 Å². The van der Waals surface area contributed by atoms with Crippen LogP contribution in [0.15, 0.2) is 30.3 Å². The molecule has 0 bridgehead atoms. The largest absolute Gasteiger partial charge is 0.357 e. The van der Waals surface area contributed by atoms with Crippen molar-refractivity contribution in [3.63, 3.8) is 0 Å². The zero-order chi connectivity index (χ0) is 24.0. The normalized spacial score (nSPS) is 22.7. The first-order chi connectivity index (χ1) is 15.8. The lowest BCUT2D eigenvalue weighted by Crippen LogP contribution is -2.66. The van der Waals surface area contributed by atoms with Crippen molar-refractivity contribution in [2.75, 3.05) is 20.1 Å². The Morgan fingerprint density at radius 3 is 2.55 bits per heavy atom. The van der Waals surface area contributed by atoms with E-state index in [-0.39, 0.29) is 30.2 Å². The summed E-state index contributed by atoms with van der Waals surface area (Å²) in [4.78, 5) is 63.7. The van der Waals surface area contributed by atoms with Gasteiger partial charge in [0.25, 0.3) is 0 Å². The van der Waals surface area contributed by atoms with Gasteiger partial charge in [0.2, 0.25) is 29.5 Å². The van der Waals surface area contributed by atoms with Crippen LogP contribution in [0.1, 0.15) is 38.2 Å². The van der Waals surface area contributed by atoms with Crippen LogP contribution in [-0.2, 0) is 30.4 Å². The standard InChI is InChI=1S/C23H31N5O5/c1-15(29)25-14-19(30)26-17-9-11-23(10-6-12-28(23)21(17)32)22(33)27-18(20(31)24-2)13-16-7-4-3-5-8-16/h3-5,7-8,17-18H,6,9-14H2,1-2H3,(H,24,31)(H,25,29)(H,26,30)(H,27,33)/t17-,18+,23-/m1/s1. The van der Waals surface area contributed by atoms with E-state index in [1.807, 2.05) is 30.3 Å². The first-order valence-electron chi connectivity index (χ1n) is 11.2. The maximum atomic E-state index is 13.5. The van der Waals surface area contributed by atoms with Gasteiger partial charge < -0.3 is 26.2 Å². The Morgan fingerprint density at radius 2 is 1.88 bits per heavy atom. The number of hydrogen-bond donors (Lipinski definition) is 4. The van der Waals surface area contributed by atoms with E-state index in [0.717, 1.165) is 5.56 Å². The van der Waals surface area contributed by atoms with Gasteiger partial charge in [-0.25, -0.2) is 0 Å². The topological polar surface area (TPSA) is 137 Å². The number of nitrogens with zero attached hydrogens (tertiary/aromatic N) is 1. The molecular formula is C23H31N5O5. The molecule has 2 fully saturated rings. The zero-order valence-electron chi connectivity index (χ0n) is 19.0. The number of carbonyl (C=O) groups is 5. The van der Waals surface area contributed by atoms with E-state index >= 15 is 0 Å². The Bertz CT molecular complexity index is 921. The highest BCUT2D eigenvalue weighted by Gasteiger charge is 2.54. The Labute approximate surface area is 192 Å². The van der Waals surface area contributed by atoms with E-state index in [0.29, 0.717) is 38.6 Å². The second-order valence-electron chi connectivity index (χ2n) is 8.52. The van der Waals surface area contributed by atoms with E-state index in [1.54, 1.807) is 4.90 Å². The lowest BCUT2D eigenvalue weighted by Gasteiger charge is -2.44. The summed E-state index contributed by atoms with van der Waals surface area (Å²) in [5.74, 6) is -1.76. The average Bonchev–Trinajstić information content (AvgIpc) is 3.25. The van der Waals surface area contributed by atoms with Crippen molar-refractivity contribution in [1.29, 1.82) is 0 Å². The summed E-state index contributed by atoms with van der Waals surface area (Å²) >= 11 is 0. The molecule has 1 aromatic carbocycles. The highest BCUT2D eigenvalue weighted by molar-refractivity contribution is 5.98. The number of carbonyl (C=O) groups excluding carboxylic acids is 5. The summed E-state index contributed by atoms with van der Waals surface area (Å²) in [6.45, 7) is 1.51. The van der Waals surface area contributed by atoms with Gasteiger partial charge in [0.15, 0.2) is 0 Å². The predicted octanol–water partition coefficient (Wildman–Crippen LogP) is -0.764. The molecule has 10 heteroatoms. The molecule has 178 valence electrons. The first kappa shape index (κ1) is 24.2. The number of benzene rings is 1. The number of rotatable bonds is 8. The Balaban J connectivity index is 1.70. The van der Waals surface area contributed by atoms with Crippen LogP contribution < -0.4 is 21.3 Å². The molecule has 2 saturated heterocycles. The minimum Gasteiger partial charge on any atom is -0.357 e. The number of nitrogens with one attached hydrogen (secondary N) is 4. The van der Waals surface area contributed by atoms with E-state index in [9.17, 15) is 24.0 Å². The molecule has 10 nitrogen and oxygen atoms in total. The lowest BCUT2D eigenvalue weighted by molar-refractivity contribution is -0.152. The van der Waals surface area contributed by atoms with Gasteiger partial charge in [-0.05, 0) is 31.2 Å². The summed E-state index contributed by atoms with van der Waals surface area (Å²) in [6.07, 6.45) is 2.18. The van der Waals surface area contributed by atoms with Crippen molar-refractivity contribution in [1.82, 2.24) is 26.2 Å². The fourth-order valence-corrected chi connectivity index (χ4v) is 4.61. The smallest absolute Gasteiger partial charge is 0.246 e. The minimum atomic E-state index is -1.03. The third kappa shape index (κ3) is 5.50. The van der Waals surface area contributed by atoms with Crippen LogP contribution in [0.5, 0.6) is 0 Å². The van der Waals surface area contributed by atoms with Crippen LogP contribution in [0.3, 0.4) is 0 Å². The molecule has 3 rings (SSSR count). The second-order valence-corrected chi connectivity index (χ2v) is 8.52. The van der Waals surface area contributed by atoms with Gasteiger partial charge in [-0.15, -0.1) is 0 Å². The van der Waals surface area contributed by atoms with Crippen LogP contribution in [0, 0.1) is 0 Å². The van der Waals surface area contributed by atoms with Crippen LogP contribution in [0.25, 0.3) is 0 Å². The van der Waals surface area contributed by atoms with Crippen molar-refractivity contribution >= 4 is 29.5 Å². The molecule has 0 aromatic heterocycles. The summed E-state index contributed by atoms with van der Waals surface area (Å²) < 4.78 is 0. The van der Waals surface area contributed by atoms with Gasteiger partial charge >= 0.3 is 0 Å². The Kier molecular flexibility index (Phi) is 7.67. The summed E-state index contributed by atoms with van der Waals surface area (Å²) in [7, 11) is 1.52. The number of likely N-dealkylation sites (N-methyl/N-ethyl adjacent to an activating group) is 1. The molecule has 0 aliphatic carbocycles. The van der Waals surface area contributed by atoms with Gasteiger partial charge in [0, 0.05) is 26.9 Å². The fraction of sp³-hybridized carbons (Fsp3) is 0.522. The molecule has 0 saturated carbocycles. The van der Waals surface area contributed by atoms with Gasteiger partial charge in [-0.3, -0.25) is 24.0 Å². The molecule has 0 radical (unpaired) electrons. The minimum absolute atomic E-state index is 0.210. The molecule has 5 amide bonds. The van der Waals surface area contributed by atoms with Gasteiger partial charge in [-0.2, -0.15) is 0 Å². The number of amides is 5. The van der Waals surface area contributed by atoms with Crippen LogP contribution in [0.2, 0.25) is 0 Å². The van der Waals surface area contributed by atoms with E-state index < -0.39 is 23.5 Å². The van der Waals surface area contributed by atoms with Gasteiger partial charge in [-0.1, -0.05) is 30.3 Å². The van der Waals surface area contributed by atoms with E-state index in [1.165, 1.54) is 14.0 Å². The molecule has 2 aliphatic rings. The number of hydrogen-bond acceptors (Lipinski definition) is 5. The number of fused-ring (bicyclic) bond motifs is 1. The first-order valence-corrected chi connectivity index (χ1v) is 11.2. The Hall–Kier alpha value is -3.43. The van der Waals surface area contributed by atoms with Crippen LogP contribution >= 0.6 is 0 Å². The maximum Gasteiger partial charge on any atom is 0.246 e. The van der Waals surface area contributed by atoms with Crippen LogP contribution in [-0.4, -0.2) is 72.2 Å². The molecule has 2 heterocycles. The summed E-state index contributed by atoms with van der Waals surface area (Å²) in [5.41, 5.74) is -0.118. The average molecular weight is 458 g/mol. The third-order valence-electron chi connectivity index (χ3n) is 6.31. The zero-order valence-corrected chi connectivity index (χ0v) is 19.0. The SMILES string of the molecule is CNC(=O)[C@H](Cc1ccccc1)NC(=O)[C@]12CCCN1C(=O)[C@H](NC(=O)CNC(C)=O)CC2. The molecule has 1 aromatic rings. The predicted molar refractivity (Wildman–Crippen MR) is 120 cm³/mol. The van der Waals surface area contributed by atoms with Crippen LogP contribution in [0.4, 0.5) is 0 Å². The molecular weight excluding hydrogens is 426 g/mol. The monoisotopic (exact) mass is 457 g/mol. The Morgan fingerprint density at radius 1 is 1.15 bits per heavy atom. The highest BCUT2D eigenvalue weighted by atomic mass is 16.2.